The molecular weight excluding hydrogens is 308 g/mol. The average Bonchev–Trinajstić information content (AvgIpc) is 2.62. The number of aliphatic hydroxyl groups excluding tert-OH is 1. The van der Waals surface area contributed by atoms with Gasteiger partial charge >= 0.3 is 5.97 Å². The van der Waals surface area contributed by atoms with Crippen LogP contribution in [0.2, 0.25) is 0 Å². The number of carbonyl (C=O) groups excluding carboxylic acids is 2. The normalized spacial score (nSPS) is 10.0. The fourth-order valence-electron chi connectivity index (χ4n) is 1.96. The third-order valence-corrected chi connectivity index (χ3v) is 3.18. The molecule has 2 rings (SSSR count). The Kier molecular flexibility index (Phi) is 6.14. The van der Waals surface area contributed by atoms with Crippen molar-refractivity contribution in [2.45, 2.75) is 6.42 Å². The van der Waals surface area contributed by atoms with E-state index in [-0.39, 0.29) is 12.4 Å². The van der Waals surface area contributed by atoms with Gasteiger partial charge < -0.3 is 14.6 Å². The number of hydrogen-bond acceptors (Lipinski definition) is 5. The van der Waals surface area contributed by atoms with Crippen LogP contribution < -0.4 is 4.74 Å². The van der Waals surface area contributed by atoms with Crippen molar-refractivity contribution in [2.24, 2.45) is 0 Å². The van der Waals surface area contributed by atoms with Gasteiger partial charge in [0.2, 0.25) is 0 Å². The van der Waals surface area contributed by atoms with E-state index in [0.717, 1.165) is 0 Å². The molecule has 2 aromatic rings. The smallest absolute Gasteiger partial charge is 0.372 e. The van der Waals surface area contributed by atoms with Gasteiger partial charge in [0, 0.05) is 17.5 Å². The quantitative estimate of drug-likeness (QED) is 0.265. The monoisotopic (exact) mass is 326 g/mol. The Bertz CT molecular complexity index is 704. The Morgan fingerprint density at radius 1 is 0.917 bits per heavy atom. The molecule has 0 amide bonds. The number of carbonyl (C=O) groups is 2. The Hall–Kier alpha value is -3.08. The molecule has 5 heteroatoms. The molecule has 0 atom stereocenters. The first-order valence-corrected chi connectivity index (χ1v) is 7.45. The molecule has 1 N–H and O–H groups in total. The Labute approximate surface area is 140 Å². The van der Waals surface area contributed by atoms with Gasteiger partial charge in [0.05, 0.1) is 13.2 Å². The number of benzene rings is 2. The lowest BCUT2D eigenvalue weighted by molar-refractivity contribution is -0.142. The Balaban J connectivity index is 1.79. The van der Waals surface area contributed by atoms with Crippen LogP contribution in [0, 0.1) is 0 Å². The summed E-state index contributed by atoms with van der Waals surface area (Å²) in [6.07, 6.45) is 0.476. The fraction of sp³-hybridized carbons (Fsp3) is 0.158. The number of esters is 1. The van der Waals surface area contributed by atoms with Crippen LogP contribution in [-0.2, 0) is 9.53 Å². The summed E-state index contributed by atoms with van der Waals surface area (Å²) in [7, 11) is 0. The molecule has 2 aromatic carbocycles. The summed E-state index contributed by atoms with van der Waals surface area (Å²) in [5, 5.41) is 8.78. The highest BCUT2D eigenvalue weighted by atomic mass is 16.5. The van der Waals surface area contributed by atoms with Crippen LogP contribution in [0.4, 0.5) is 0 Å². The number of aliphatic hydroxyl groups is 1. The molecule has 0 radical (unpaired) electrons. The Morgan fingerprint density at radius 2 is 1.54 bits per heavy atom. The molecule has 0 saturated carbocycles. The van der Waals surface area contributed by atoms with Gasteiger partial charge in [-0.15, -0.1) is 0 Å². The molecule has 124 valence electrons. The van der Waals surface area contributed by atoms with Crippen molar-refractivity contribution < 1.29 is 24.2 Å². The van der Waals surface area contributed by atoms with Gasteiger partial charge in [-0.05, 0) is 30.8 Å². The first-order valence-electron chi connectivity index (χ1n) is 7.45. The maximum atomic E-state index is 12.3. The molecule has 0 bridgehead atoms. The van der Waals surface area contributed by atoms with Crippen molar-refractivity contribution in [3.05, 3.63) is 78.1 Å². The van der Waals surface area contributed by atoms with E-state index in [2.05, 4.69) is 6.58 Å². The van der Waals surface area contributed by atoms with E-state index in [1.807, 2.05) is 18.2 Å². The van der Waals surface area contributed by atoms with Crippen molar-refractivity contribution in [2.75, 3.05) is 13.2 Å². The van der Waals surface area contributed by atoms with Crippen LogP contribution in [0.1, 0.15) is 22.3 Å². The zero-order valence-electron chi connectivity index (χ0n) is 13.1. The minimum absolute atomic E-state index is 0.0432. The summed E-state index contributed by atoms with van der Waals surface area (Å²) in [4.78, 5) is 23.2. The second-order valence-corrected chi connectivity index (χ2v) is 5.00. The first kappa shape index (κ1) is 17.3. The van der Waals surface area contributed by atoms with E-state index in [4.69, 9.17) is 14.6 Å². The molecule has 0 heterocycles. The molecule has 0 aliphatic heterocycles. The predicted octanol–water partition coefficient (Wildman–Crippen LogP) is 3.30. The second-order valence-electron chi connectivity index (χ2n) is 5.00. The molecule has 0 saturated heterocycles. The number of ether oxygens (including phenoxy) is 2. The number of hydrogen-bond donors (Lipinski definition) is 1. The highest BCUT2D eigenvalue weighted by Crippen LogP contribution is 2.15. The maximum absolute atomic E-state index is 12.3. The van der Waals surface area contributed by atoms with Crippen LogP contribution in [0.3, 0.4) is 0 Å². The predicted molar refractivity (Wildman–Crippen MR) is 89.2 cm³/mol. The van der Waals surface area contributed by atoms with E-state index in [0.29, 0.717) is 29.9 Å². The SMILES string of the molecule is C=C(O)C(=O)OCCCOc1ccc(C(=O)c2ccccc2)cc1. The van der Waals surface area contributed by atoms with Gasteiger partial charge in [0.25, 0.3) is 0 Å². The van der Waals surface area contributed by atoms with Gasteiger partial charge in [-0.1, -0.05) is 30.3 Å². The van der Waals surface area contributed by atoms with E-state index >= 15 is 0 Å². The zero-order chi connectivity index (χ0) is 17.4. The summed E-state index contributed by atoms with van der Waals surface area (Å²) in [6.45, 7) is 3.54. The molecule has 5 nitrogen and oxygen atoms in total. The van der Waals surface area contributed by atoms with Gasteiger partial charge in [-0.25, -0.2) is 4.79 Å². The third-order valence-electron chi connectivity index (χ3n) is 3.18. The number of ketones is 1. The second kappa shape index (κ2) is 8.53. The molecule has 0 aliphatic rings. The van der Waals surface area contributed by atoms with E-state index < -0.39 is 11.7 Å². The molecule has 0 aromatic heterocycles. The summed E-state index contributed by atoms with van der Waals surface area (Å²) < 4.78 is 10.2. The first-order chi connectivity index (χ1) is 11.6. The lowest BCUT2D eigenvalue weighted by Gasteiger charge is -2.07. The van der Waals surface area contributed by atoms with Crippen molar-refractivity contribution in [1.82, 2.24) is 0 Å². The van der Waals surface area contributed by atoms with E-state index in [9.17, 15) is 9.59 Å². The number of rotatable bonds is 8. The molecule has 0 fully saturated rings. The van der Waals surface area contributed by atoms with E-state index in [1.54, 1.807) is 36.4 Å². The van der Waals surface area contributed by atoms with Crippen LogP contribution >= 0.6 is 0 Å². The molecule has 0 aliphatic carbocycles. The molecule has 0 unspecified atom stereocenters. The maximum Gasteiger partial charge on any atom is 0.372 e. The topological polar surface area (TPSA) is 72.8 Å². The highest BCUT2D eigenvalue weighted by Gasteiger charge is 2.08. The molecular formula is C19H18O5. The fourth-order valence-corrected chi connectivity index (χ4v) is 1.96. The van der Waals surface area contributed by atoms with Crippen molar-refractivity contribution in [3.63, 3.8) is 0 Å². The minimum atomic E-state index is -0.834. The zero-order valence-corrected chi connectivity index (χ0v) is 13.1. The summed E-state index contributed by atoms with van der Waals surface area (Å²) in [5.74, 6) is -0.871. The highest BCUT2D eigenvalue weighted by molar-refractivity contribution is 6.08. The van der Waals surface area contributed by atoms with Gasteiger partial charge in [0.1, 0.15) is 5.75 Å². The lowest BCUT2D eigenvalue weighted by Crippen LogP contribution is -2.10. The minimum Gasteiger partial charge on any atom is -0.502 e. The third kappa shape index (κ3) is 4.98. The summed E-state index contributed by atoms with van der Waals surface area (Å²) in [6, 6.07) is 15.9. The average molecular weight is 326 g/mol. The van der Waals surface area contributed by atoms with Crippen molar-refractivity contribution >= 4 is 11.8 Å². The largest absolute Gasteiger partial charge is 0.502 e. The summed E-state index contributed by atoms with van der Waals surface area (Å²) in [5.41, 5.74) is 1.22. The van der Waals surface area contributed by atoms with Gasteiger partial charge in [-0.3, -0.25) is 4.79 Å². The van der Waals surface area contributed by atoms with Crippen LogP contribution in [0.5, 0.6) is 5.75 Å². The molecule has 0 spiro atoms. The van der Waals surface area contributed by atoms with Gasteiger partial charge in [0.15, 0.2) is 11.5 Å². The van der Waals surface area contributed by atoms with Crippen LogP contribution in [-0.4, -0.2) is 30.1 Å². The van der Waals surface area contributed by atoms with Crippen LogP contribution in [0.15, 0.2) is 66.9 Å². The lowest BCUT2D eigenvalue weighted by atomic mass is 10.0. The molecule has 24 heavy (non-hydrogen) atoms. The van der Waals surface area contributed by atoms with Crippen LogP contribution in [0.25, 0.3) is 0 Å². The standard InChI is InChI=1S/C19H18O5/c1-14(20)19(22)24-13-5-12-23-17-10-8-16(9-11-17)18(21)15-6-3-2-4-7-15/h2-4,6-11,20H,1,5,12-13H2. The van der Waals surface area contributed by atoms with Crippen molar-refractivity contribution in [3.8, 4) is 5.75 Å². The van der Waals surface area contributed by atoms with Crippen molar-refractivity contribution in [1.29, 1.82) is 0 Å². The summed E-state index contributed by atoms with van der Waals surface area (Å²) >= 11 is 0. The van der Waals surface area contributed by atoms with Gasteiger partial charge in [-0.2, -0.15) is 0 Å². The Morgan fingerprint density at radius 3 is 2.17 bits per heavy atom. The van der Waals surface area contributed by atoms with E-state index in [1.165, 1.54) is 0 Å².